The van der Waals surface area contributed by atoms with E-state index in [0.29, 0.717) is 0 Å². The Morgan fingerprint density at radius 2 is 0.852 bits per heavy atom. The molecule has 0 unspecified atom stereocenters. The van der Waals surface area contributed by atoms with Crippen molar-refractivity contribution in [3.8, 4) is 66.9 Å². The first-order valence-electron chi connectivity index (χ1n) is 19.2. The molecule has 0 N–H and O–H groups in total. The van der Waals surface area contributed by atoms with Crippen molar-refractivity contribution < 1.29 is 0 Å². The summed E-state index contributed by atoms with van der Waals surface area (Å²) in [5, 5.41) is 7.76. The topological polar surface area (TPSA) is 12.9 Å². The van der Waals surface area contributed by atoms with E-state index in [-0.39, 0.29) is 10.8 Å². The van der Waals surface area contributed by atoms with Crippen LogP contribution < -0.4 is 0 Å². The number of aromatic nitrogens is 1. The molecule has 0 saturated carbocycles. The van der Waals surface area contributed by atoms with Gasteiger partial charge in [-0.25, -0.2) is 0 Å². The third-order valence-electron chi connectivity index (χ3n) is 13.3. The Hall–Kier alpha value is -6.31. The van der Waals surface area contributed by atoms with Crippen molar-refractivity contribution in [2.24, 2.45) is 0 Å². The van der Waals surface area contributed by atoms with Gasteiger partial charge in [0.15, 0.2) is 0 Å². The second-order valence-corrected chi connectivity index (χ2v) is 16.7. The summed E-state index contributed by atoms with van der Waals surface area (Å²) in [5.74, 6) is 0. The van der Waals surface area contributed by atoms with Gasteiger partial charge in [-0.3, -0.25) is 4.98 Å². The van der Waals surface area contributed by atoms with Gasteiger partial charge in [0.05, 0.1) is 5.69 Å². The molecule has 9 aromatic rings. The molecule has 0 fully saturated rings. The Kier molecular flexibility index (Phi) is 5.71. The van der Waals surface area contributed by atoms with E-state index < -0.39 is 0 Å². The van der Waals surface area contributed by atoms with E-state index in [4.69, 9.17) is 4.98 Å². The molecule has 1 heterocycles. The van der Waals surface area contributed by atoms with Gasteiger partial charge in [-0.15, -0.1) is 0 Å². The van der Waals surface area contributed by atoms with Crippen LogP contribution in [0.25, 0.3) is 99.2 Å². The van der Waals surface area contributed by atoms with E-state index in [1.54, 1.807) is 0 Å². The fraction of sp³-hybridized carbons (Fsp3) is 0.113. The van der Waals surface area contributed by atoms with Crippen molar-refractivity contribution in [1.82, 2.24) is 4.98 Å². The summed E-state index contributed by atoms with van der Waals surface area (Å²) in [5.41, 5.74) is 20.8. The molecule has 1 aromatic heterocycles. The minimum Gasteiger partial charge on any atom is -0.256 e. The largest absolute Gasteiger partial charge is 0.256 e. The van der Waals surface area contributed by atoms with Crippen molar-refractivity contribution in [1.29, 1.82) is 0 Å². The standard InChI is InChI=1S/C53H37N/c1-52(2)46-17-8-7-13-35(46)36-21-18-30(25-47(36)52)31-19-22-37-38-23-20-32(27-49(38)53(3,4)48(37)26-31)42-28-44-40-15-9-14-39-41-16-10-24-54-51(41)45(50(39)40)29-43(44)34-12-6-5-11-33(34)42/h5-29H,1-4H3. The van der Waals surface area contributed by atoms with E-state index in [1.807, 2.05) is 6.20 Å². The van der Waals surface area contributed by atoms with E-state index >= 15 is 0 Å². The summed E-state index contributed by atoms with van der Waals surface area (Å²) < 4.78 is 0. The van der Waals surface area contributed by atoms with Crippen molar-refractivity contribution in [3.05, 3.63) is 174 Å². The van der Waals surface area contributed by atoms with Crippen molar-refractivity contribution in [2.45, 2.75) is 38.5 Å². The molecule has 0 spiro atoms. The highest BCUT2D eigenvalue weighted by molar-refractivity contribution is 6.28. The summed E-state index contributed by atoms with van der Waals surface area (Å²) in [6, 6.07) is 55.2. The van der Waals surface area contributed by atoms with Crippen LogP contribution in [0, 0.1) is 0 Å². The van der Waals surface area contributed by atoms with Crippen LogP contribution in [0.5, 0.6) is 0 Å². The minimum atomic E-state index is -0.149. The molecular formula is C53H37N. The fourth-order valence-electron chi connectivity index (χ4n) is 10.5. The number of pyridine rings is 1. The smallest absolute Gasteiger partial charge is 0.0787 e. The lowest BCUT2D eigenvalue weighted by atomic mass is 9.79. The maximum absolute atomic E-state index is 4.86. The Bertz CT molecular complexity index is 3160. The first-order chi connectivity index (χ1) is 26.3. The number of rotatable bonds is 2. The lowest BCUT2D eigenvalue weighted by molar-refractivity contribution is 0.659. The Labute approximate surface area is 315 Å². The van der Waals surface area contributed by atoms with Crippen molar-refractivity contribution >= 4 is 32.3 Å². The van der Waals surface area contributed by atoms with Crippen molar-refractivity contribution in [2.75, 3.05) is 0 Å². The Morgan fingerprint density at radius 1 is 0.333 bits per heavy atom. The first kappa shape index (κ1) is 30.2. The molecule has 54 heavy (non-hydrogen) atoms. The van der Waals surface area contributed by atoms with Crippen LogP contribution in [0.15, 0.2) is 152 Å². The second-order valence-electron chi connectivity index (χ2n) is 16.7. The van der Waals surface area contributed by atoms with Gasteiger partial charge in [0, 0.05) is 28.2 Å². The van der Waals surface area contributed by atoms with Crippen LogP contribution in [-0.2, 0) is 10.8 Å². The maximum atomic E-state index is 4.86. The van der Waals surface area contributed by atoms with Gasteiger partial charge in [-0.2, -0.15) is 0 Å². The normalized spacial score (nSPS) is 15.0. The van der Waals surface area contributed by atoms with Crippen LogP contribution in [0.4, 0.5) is 0 Å². The zero-order valence-electron chi connectivity index (χ0n) is 30.9. The quantitative estimate of drug-likeness (QED) is 0.165. The van der Waals surface area contributed by atoms with Crippen LogP contribution in [0.2, 0.25) is 0 Å². The van der Waals surface area contributed by atoms with Crippen LogP contribution in [0.3, 0.4) is 0 Å². The van der Waals surface area contributed by atoms with Crippen LogP contribution >= 0.6 is 0 Å². The van der Waals surface area contributed by atoms with Gasteiger partial charge in [0.25, 0.3) is 0 Å². The first-order valence-corrected chi connectivity index (χ1v) is 19.2. The third kappa shape index (κ3) is 3.76. The Balaban J connectivity index is 0.999. The van der Waals surface area contributed by atoms with Gasteiger partial charge in [-0.1, -0.05) is 137 Å². The lowest BCUT2D eigenvalue weighted by Gasteiger charge is -2.24. The molecule has 8 aromatic carbocycles. The zero-order chi connectivity index (χ0) is 36.1. The molecule has 0 saturated heterocycles. The van der Waals surface area contributed by atoms with Gasteiger partial charge < -0.3 is 0 Å². The fourth-order valence-corrected chi connectivity index (χ4v) is 10.5. The summed E-state index contributed by atoms with van der Waals surface area (Å²) >= 11 is 0. The van der Waals surface area contributed by atoms with Crippen molar-refractivity contribution in [3.63, 3.8) is 0 Å². The maximum Gasteiger partial charge on any atom is 0.0787 e. The zero-order valence-corrected chi connectivity index (χ0v) is 30.9. The van der Waals surface area contributed by atoms with E-state index in [9.17, 15) is 0 Å². The van der Waals surface area contributed by atoms with Crippen LogP contribution in [0.1, 0.15) is 49.9 Å². The summed E-state index contributed by atoms with van der Waals surface area (Å²) in [7, 11) is 0. The number of hydrogen-bond donors (Lipinski definition) is 0. The number of benzene rings is 8. The lowest BCUT2D eigenvalue weighted by Crippen LogP contribution is -2.15. The highest BCUT2D eigenvalue weighted by Crippen LogP contribution is 2.54. The number of fused-ring (bicyclic) bond motifs is 13. The minimum absolute atomic E-state index is 0.0211. The molecule has 0 atom stereocenters. The predicted octanol–water partition coefficient (Wildman–Crippen LogP) is 14.1. The Morgan fingerprint density at radius 3 is 1.59 bits per heavy atom. The molecule has 3 aliphatic rings. The monoisotopic (exact) mass is 687 g/mol. The second kappa shape index (κ2) is 10.2. The highest BCUT2D eigenvalue weighted by atomic mass is 14.7. The SMILES string of the molecule is CC1(C)c2ccccc2-c2ccc(-c3ccc4c(c3)C(C)(C)c3cc(-c5cc6c7cccc8c7c(cc6c6ccccc56)-c5ncccc5-8)ccc3-4)cc21. The third-order valence-corrected chi connectivity index (χ3v) is 13.3. The summed E-state index contributed by atoms with van der Waals surface area (Å²) in [6.07, 6.45) is 1.92. The van der Waals surface area contributed by atoms with E-state index in [0.717, 1.165) is 5.69 Å². The molecular weight excluding hydrogens is 651 g/mol. The molecule has 0 radical (unpaired) electrons. The molecule has 12 rings (SSSR count). The van der Waals surface area contributed by atoms with E-state index in [1.165, 1.54) is 116 Å². The molecule has 0 aliphatic heterocycles. The van der Waals surface area contributed by atoms with Gasteiger partial charge in [0.1, 0.15) is 0 Å². The van der Waals surface area contributed by atoms with Gasteiger partial charge in [0.2, 0.25) is 0 Å². The van der Waals surface area contributed by atoms with Gasteiger partial charge in [-0.05, 0) is 141 Å². The summed E-state index contributed by atoms with van der Waals surface area (Å²) in [6.45, 7) is 9.54. The molecule has 3 aliphatic carbocycles. The predicted molar refractivity (Wildman–Crippen MR) is 227 cm³/mol. The molecule has 0 bridgehead atoms. The number of hydrogen-bond acceptors (Lipinski definition) is 1. The van der Waals surface area contributed by atoms with E-state index in [2.05, 4.69) is 173 Å². The molecule has 254 valence electrons. The van der Waals surface area contributed by atoms with Crippen LogP contribution in [-0.4, -0.2) is 4.98 Å². The average Bonchev–Trinajstić information content (AvgIpc) is 3.74. The highest BCUT2D eigenvalue weighted by Gasteiger charge is 2.38. The number of nitrogens with zero attached hydrogens (tertiary/aromatic N) is 1. The average molecular weight is 688 g/mol. The molecule has 1 nitrogen and oxygen atoms in total. The molecule has 0 amide bonds. The van der Waals surface area contributed by atoms with Gasteiger partial charge >= 0.3 is 0 Å². The molecule has 1 heteroatoms. The summed E-state index contributed by atoms with van der Waals surface area (Å²) in [4.78, 5) is 4.86.